The molecular formula is C27H29F3N2O5S2. The van der Waals surface area contributed by atoms with E-state index in [1.54, 1.807) is 11.8 Å². The lowest BCUT2D eigenvalue weighted by Crippen LogP contribution is -2.41. The fourth-order valence-electron chi connectivity index (χ4n) is 3.66. The Hall–Kier alpha value is -3.38. The summed E-state index contributed by atoms with van der Waals surface area (Å²) in [6.07, 6.45) is -4.70. The molecule has 0 aliphatic heterocycles. The minimum Gasteiger partial charge on any atom is -0.493 e. The molecule has 0 aliphatic rings. The average molecular weight is 583 g/mol. The van der Waals surface area contributed by atoms with E-state index in [1.165, 1.54) is 44.0 Å². The van der Waals surface area contributed by atoms with E-state index in [9.17, 15) is 26.4 Å². The number of benzene rings is 3. The first-order chi connectivity index (χ1) is 18.5. The average Bonchev–Trinajstić information content (AvgIpc) is 2.91. The fraction of sp³-hybridized carbons (Fsp3) is 0.296. The zero-order chi connectivity index (χ0) is 28.6. The van der Waals surface area contributed by atoms with E-state index in [0.29, 0.717) is 16.1 Å². The zero-order valence-electron chi connectivity index (χ0n) is 21.6. The molecule has 0 aromatic heterocycles. The summed E-state index contributed by atoms with van der Waals surface area (Å²) in [7, 11) is -1.78. The Balaban J connectivity index is 1.81. The first-order valence-electron chi connectivity index (χ1n) is 11.8. The van der Waals surface area contributed by atoms with Crippen LogP contribution in [-0.4, -0.2) is 47.4 Å². The van der Waals surface area contributed by atoms with Crippen molar-refractivity contribution in [2.45, 2.75) is 23.7 Å². The highest BCUT2D eigenvalue weighted by Crippen LogP contribution is 2.35. The lowest BCUT2D eigenvalue weighted by molar-refractivity contribution is -0.137. The highest BCUT2D eigenvalue weighted by Gasteiger charge is 2.33. The molecule has 3 aromatic rings. The van der Waals surface area contributed by atoms with E-state index in [4.69, 9.17) is 9.47 Å². The maximum Gasteiger partial charge on any atom is 0.416 e. The Morgan fingerprint density at radius 3 is 2.36 bits per heavy atom. The Kier molecular flexibility index (Phi) is 10.1. The van der Waals surface area contributed by atoms with Crippen LogP contribution in [0.2, 0.25) is 0 Å². The topological polar surface area (TPSA) is 84.9 Å². The van der Waals surface area contributed by atoms with Gasteiger partial charge >= 0.3 is 6.18 Å². The number of thioether (sulfide) groups is 1. The van der Waals surface area contributed by atoms with Crippen molar-refractivity contribution in [2.75, 3.05) is 37.4 Å². The van der Waals surface area contributed by atoms with Crippen LogP contribution in [-0.2, 0) is 26.7 Å². The second-order valence-corrected chi connectivity index (χ2v) is 11.4. The maximum absolute atomic E-state index is 13.6. The van der Waals surface area contributed by atoms with Crippen molar-refractivity contribution >= 4 is 33.4 Å². The van der Waals surface area contributed by atoms with E-state index in [0.717, 1.165) is 23.4 Å². The summed E-state index contributed by atoms with van der Waals surface area (Å²) in [4.78, 5) is 12.5. The molecule has 0 saturated carbocycles. The van der Waals surface area contributed by atoms with Crippen molar-refractivity contribution in [3.8, 4) is 11.5 Å². The van der Waals surface area contributed by atoms with Gasteiger partial charge in [0.2, 0.25) is 5.91 Å². The number of nitrogens with one attached hydrogen (secondary N) is 1. The van der Waals surface area contributed by atoms with Gasteiger partial charge in [-0.3, -0.25) is 9.10 Å². The number of hydrogen-bond donors (Lipinski definition) is 1. The standard InChI is InChI=1S/C27H29F3N2O5S2/c1-19-7-4-5-8-20(19)18-38-14-13-31-26(33)17-32(22-10-6-9-21(15-22)27(28,29)30)39(34,35)23-11-12-24(36-2)25(16-23)37-3/h4-12,15-16H,13-14,17-18H2,1-3H3,(H,31,33). The number of aryl methyl sites for hydroxylation is 1. The Morgan fingerprint density at radius 2 is 1.69 bits per heavy atom. The van der Waals surface area contributed by atoms with Crippen LogP contribution < -0.4 is 19.1 Å². The highest BCUT2D eigenvalue weighted by atomic mass is 32.2. The minimum atomic E-state index is -4.70. The van der Waals surface area contributed by atoms with Crippen molar-refractivity contribution in [3.05, 3.63) is 83.4 Å². The number of rotatable bonds is 12. The largest absolute Gasteiger partial charge is 0.493 e. The Labute approximate surface area is 230 Å². The molecule has 1 N–H and O–H groups in total. The van der Waals surface area contributed by atoms with Gasteiger partial charge in [0.25, 0.3) is 10.0 Å². The van der Waals surface area contributed by atoms with Crippen molar-refractivity contribution in [2.24, 2.45) is 0 Å². The number of carbonyl (C=O) groups excluding carboxylic acids is 1. The molecule has 3 rings (SSSR count). The molecule has 7 nitrogen and oxygen atoms in total. The molecule has 1 amide bonds. The van der Waals surface area contributed by atoms with Crippen molar-refractivity contribution < 1.29 is 35.9 Å². The van der Waals surface area contributed by atoms with Crippen molar-refractivity contribution in [1.29, 1.82) is 0 Å². The summed E-state index contributed by atoms with van der Waals surface area (Å²) in [6.45, 7) is 1.54. The first-order valence-corrected chi connectivity index (χ1v) is 14.4. The van der Waals surface area contributed by atoms with Crippen LogP contribution in [0.15, 0.2) is 71.6 Å². The number of methoxy groups -OCH3 is 2. The minimum absolute atomic E-state index is 0.109. The second kappa shape index (κ2) is 13.1. The van der Waals surface area contributed by atoms with Gasteiger partial charge in [0, 0.05) is 24.1 Å². The number of hydrogen-bond acceptors (Lipinski definition) is 6. The molecule has 3 aromatic carbocycles. The summed E-state index contributed by atoms with van der Waals surface area (Å²) in [6, 6.07) is 15.6. The van der Waals surface area contributed by atoms with Gasteiger partial charge < -0.3 is 14.8 Å². The number of anilines is 1. The summed E-state index contributed by atoms with van der Waals surface area (Å²) >= 11 is 1.60. The molecule has 12 heteroatoms. The van der Waals surface area contributed by atoms with Gasteiger partial charge in [0.15, 0.2) is 11.5 Å². The van der Waals surface area contributed by atoms with E-state index in [2.05, 4.69) is 5.32 Å². The summed E-state index contributed by atoms with van der Waals surface area (Å²) in [5.74, 6) is 1.02. The Morgan fingerprint density at radius 1 is 0.974 bits per heavy atom. The van der Waals surface area contributed by atoms with Crippen LogP contribution in [0.5, 0.6) is 11.5 Å². The third kappa shape index (κ3) is 7.82. The molecule has 210 valence electrons. The molecule has 0 radical (unpaired) electrons. The van der Waals surface area contributed by atoms with Gasteiger partial charge in [-0.25, -0.2) is 8.42 Å². The predicted octanol–water partition coefficient (Wildman–Crippen LogP) is 5.28. The molecule has 0 atom stereocenters. The maximum atomic E-state index is 13.6. The van der Waals surface area contributed by atoms with Crippen LogP contribution in [0.4, 0.5) is 18.9 Å². The quantitative estimate of drug-likeness (QED) is 0.293. The summed E-state index contributed by atoms with van der Waals surface area (Å²) in [5.41, 5.74) is 0.987. The van der Waals surface area contributed by atoms with Crippen LogP contribution in [0, 0.1) is 6.92 Å². The number of halogens is 3. The fourth-order valence-corrected chi connectivity index (χ4v) is 6.02. The lowest BCUT2D eigenvalue weighted by atomic mass is 10.1. The van der Waals surface area contributed by atoms with E-state index in [-0.39, 0.29) is 28.6 Å². The molecule has 0 bridgehead atoms. The molecular weight excluding hydrogens is 553 g/mol. The third-order valence-electron chi connectivity index (χ3n) is 5.78. The molecule has 39 heavy (non-hydrogen) atoms. The lowest BCUT2D eigenvalue weighted by Gasteiger charge is -2.25. The van der Waals surface area contributed by atoms with Gasteiger partial charge in [-0.1, -0.05) is 30.3 Å². The van der Waals surface area contributed by atoms with Gasteiger partial charge in [-0.2, -0.15) is 24.9 Å². The SMILES string of the molecule is COc1ccc(S(=O)(=O)N(CC(=O)NCCSCc2ccccc2C)c2cccc(C(F)(F)F)c2)cc1OC. The summed E-state index contributed by atoms with van der Waals surface area (Å²) < 4.78 is 78.4. The van der Waals surface area contributed by atoms with Crippen molar-refractivity contribution in [3.63, 3.8) is 0 Å². The van der Waals surface area contributed by atoms with Crippen LogP contribution >= 0.6 is 11.8 Å². The monoisotopic (exact) mass is 582 g/mol. The molecule has 0 spiro atoms. The molecule has 0 saturated heterocycles. The van der Waals surface area contributed by atoms with Gasteiger partial charge in [0.1, 0.15) is 6.54 Å². The zero-order valence-corrected chi connectivity index (χ0v) is 23.3. The summed E-state index contributed by atoms with van der Waals surface area (Å²) in [5, 5.41) is 2.66. The van der Waals surface area contributed by atoms with E-state index >= 15 is 0 Å². The van der Waals surface area contributed by atoms with Gasteiger partial charge in [0.05, 0.1) is 30.4 Å². The number of nitrogens with zero attached hydrogens (tertiary/aromatic N) is 1. The highest BCUT2D eigenvalue weighted by molar-refractivity contribution is 7.98. The van der Waals surface area contributed by atoms with Crippen LogP contribution in [0.25, 0.3) is 0 Å². The van der Waals surface area contributed by atoms with Gasteiger partial charge in [-0.15, -0.1) is 0 Å². The first kappa shape index (κ1) is 30.2. The second-order valence-electron chi connectivity index (χ2n) is 8.41. The van der Waals surface area contributed by atoms with Crippen molar-refractivity contribution in [1.82, 2.24) is 5.32 Å². The number of ether oxygens (including phenoxy) is 2. The number of alkyl halides is 3. The van der Waals surface area contributed by atoms with Crippen LogP contribution in [0.3, 0.4) is 0 Å². The predicted molar refractivity (Wildman–Crippen MR) is 146 cm³/mol. The van der Waals surface area contributed by atoms with Crippen LogP contribution in [0.1, 0.15) is 16.7 Å². The Bertz CT molecular complexity index is 1400. The molecule has 0 fully saturated rings. The van der Waals surface area contributed by atoms with E-state index < -0.39 is 34.2 Å². The van der Waals surface area contributed by atoms with Gasteiger partial charge in [-0.05, 0) is 48.4 Å². The number of amides is 1. The molecule has 0 unspecified atom stereocenters. The molecule has 0 aliphatic carbocycles. The smallest absolute Gasteiger partial charge is 0.416 e. The van der Waals surface area contributed by atoms with E-state index in [1.807, 2.05) is 31.2 Å². The normalized spacial score (nSPS) is 11.6. The number of carbonyl (C=O) groups is 1. The molecule has 0 heterocycles. The third-order valence-corrected chi connectivity index (χ3v) is 8.56. The number of sulfonamides is 1.